The van der Waals surface area contributed by atoms with Crippen LogP contribution in [0.5, 0.6) is 0 Å². The van der Waals surface area contributed by atoms with Crippen LogP contribution in [0.2, 0.25) is 0 Å². The first-order valence-corrected chi connectivity index (χ1v) is 12.3. The molecule has 0 amide bonds. The molecule has 2 aliphatic rings. The predicted molar refractivity (Wildman–Crippen MR) is 123 cm³/mol. The molecule has 0 spiro atoms. The normalized spacial score (nSPS) is 37.4. The van der Waals surface area contributed by atoms with Crippen molar-refractivity contribution in [2.45, 2.75) is 123 Å². The molecule has 0 bridgehead atoms. The van der Waals surface area contributed by atoms with Gasteiger partial charge in [0.05, 0.1) is 22.4 Å². The molecule has 2 fully saturated rings. The Balaban J connectivity index is 2.11. The topological polar surface area (TPSA) is 80.9 Å². The van der Waals surface area contributed by atoms with Gasteiger partial charge in [0.2, 0.25) is 0 Å². The molecule has 4 N–H and O–H groups in total. The number of aliphatic hydroxyl groups is 4. The van der Waals surface area contributed by atoms with Crippen LogP contribution in [0.25, 0.3) is 0 Å². The van der Waals surface area contributed by atoms with E-state index in [9.17, 15) is 20.4 Å². The van der Waals surface area contributed by atoms with Crippen molar-refractivity contribution >= 4 is 0 Å². The van der Waals surface area contributed by atoms with Crippen molar-refractivity contribution in [2.75, 3.05) is 0 Å². The lowest BCUT2D eigenvalue weighted by molar-refractivity contribution is -0.108. The van der Waals surface area contributed by atoms with E-state index < -0.39 is 22.4 Å². The van der Waals surface area contributed by atoms with Gasteiger partial charge in [0.15, 0.2) is 0 Å². The fraction of sp³-hybridized carbons (Fsp3) is 1.00. The van der Waals surface area contributed by atoms with E-state index in [0.29, 0.717) is 30.6 Å². The highest BCUT2D eigenvalue weighted by molar-refractivity contribution is 5.03. The summed E-state index contributed by atoms with van der Waals surface area (Å²) in [5, 5.41) is 44.3. The standard InChI is InChI=1S/C26H50O4/c1-16(2)19-10-11-20(22(19)24(6,7)28)25(8,29)12-13-26(9,30)21-15-18(14-17(21)3)23(4,5)27/h16-22,27-30H,10-15H2,1-9H3. The summed E-state index contributed by atoms with van der Waals surface area (Å²) in [5.74, 6) is 1.65. The SMILES string of the molecule is CC(C)C1CCC(C(C)(O)CCC(C)(O)C2CC(C(C)(C)O)CC2C)C1C(C)(C)O. The van der Waals surface area contributed by atoms with E-state index in [2.05, 4.69) is 20.8 Å². The molecule has 4 heteroatoms. The van der Waals surface area contributed by atoms with Crippen molar-refractivity contribution in [3.05, 3.63) is 0 Å². The minimum absolute atomic E-state index is 0.0332. The molecule has 0 aromatic rings. The van der Waals surface area contributed by atoms with Gasteiger partial charge in [0.1, 0.15) is 0 Å². The summed E-state index contributed by atoms with van der Waals surface area (Å²) in [6.07, 6.45) is 4.78. The Morgan fingerprint density at radius 2 is 1.23 bits per heavy atom. The van der Waals surface area contributed by atoms with Crippen molar-refractivity contribution < 1.29 is 20.4 Å². The zero-order valence-corrected chi connectivity index (χ0v) is 21.1. The molecule has 178 valence electrons. The van der Waals surface area contributed by atoms with Gasteiger partial charge in [-0.05, 0) is 121 Å². The van der Waals surface area contributed by atoms with Crippen LogP contribution in [0.4, 0.5) is 0 Å². The second kappa shape index (κ2) is 8.65. The van der Waals surface area contributed by atoms with Gasteiger partial charge in [0, 0.05) is 0 Å². The van der Waals surface area contributed by atoms with Crippen molar-refractivity contribution in [3.63, 3.8) is 0 Å². The summed E-state index contributed by atoms with van der Waals surface area (Å²) >= 11 is 0. The first kappa shape index (κ1) is 26.1. The molecule has 30 heavy (non-hydrogen) atoms. The average molecular weight is 427 g/mol. The van der Waals surface area contributed by atoms with Crippen LogP contribution in [0.15, 0.2) is 0 Å². The minimum Gasteiger partial charge on any atom is -0.390 e. The summed E-state index contributed by atoms with van der Waals surface area (Å²) in [4.78, 5) is 0. The predicted octanol–water partition coefficient (Wildman–Crippen LogP) is 4.77. The van der Waals surface area contributed by atoms with Gasteiger partial charge in [-0.15, -0.1) is 0 Å². The summed E-state index contributed by atoms with van der Waals surface area (Å²) in [6, 6.07) is 0. The van der Waals surface area contributed by atoms with E-state index in [0.717, 1.165) is 25.7 Å². The molecule has 2 aliphatic carbocycles. The molecular weight excluding hydrogens is 376 g/mol. The Hall–Kier alpha value is -0.160. The van der Waals surface area contributed by atoms with Crippen molar-refractivity contribution in [1.82, 2.24) is 0 Å². The molecule has 8 unspecified atom stereocenters. The van der Waals surface area contributed by atoms with Gasteiger partial charge < -0.3 is 20.4 Å². The largest absolute Gasteiger partial charge is 0.390 e. The molecular formula is C26H50O4. The zero-order chi connectivity index (χ0) is 23.3. The second-order valence-corrected chi connectivity index (χ2v) is 12.9. The Bertz CT molecular complexity index is 567. The summed E-state index contributed by atoms with van der Waals surface area (Å²) in [7, 11) is 0. The minimum atomic E-state index is -0.921. The number of rotatable bonds is 8. The van der Waals surface area contributed by atoms with Crippen molar-refractivity contribution in [3.8, 4) is 0 Å². The van der Waals surface area contributed by atoms with Crippen LogP contribution in [-0.4, -0.2) is 42.8 Å². The van der Waals surface area contributed by atoms with Gasteiger partial charge in [-0.2, -0.15) is 0 Å². The first-order chi connectivity index (χ1) is 13.4. The summed E-state index contributed by atoms with van der Waals surface area (Å²) < 4.78 is 0. The maximum absolute atomic E-state index is 11.5. The van der Waals surface area contributed by atoms with Crippen LogP contribution in [0.3, 0.4) is 0 Å². The molecule has 2 rings (SSSR count). The van der Waals surface area contributed by atoms with Crippen LogP contribution >= 0.6 is 0 Å². The third-order valence-corrected chi connectivity index (χ3v) is 8.99. The van der Waals surface area contributed by atoms with Gasteiger partial charge in [0.25, 0.3) is 0 Å². The molecule has 2 saturated carbocycles. The highest BCUT2D eigenvalue weighted by Crippen LogP contribution is 2.53. The molecule has 8 atom stereocenters. The van der Waals surface area contributed by atoms with E-state index in [1.165, 1.54) is 0 Å². The van der Waals surface area contributed by atoms with E-state index in [-0.39, 0.29) is 23.7 Å². The Labute approximate surface area is 185 Å². The quantitative estimate of drug-likeness (QED) is 0.451. The van der Waals surface area contributed by atoms with Crippen LogP contribution < -0.4 is 0 Å². The van der Waals surface area contributed by atoms with Crippen molar-refractivity contribution in [1.29, 1.82) is 0 Å². The molecule has 0 heterocycles. The van der Waals surface area contributed by atoms with Crippen LogP contribution in [0, 0.1) is 41.4 Å². The summed E-state index contributed by atoms with van der Waals surface area (Å²) in [5.41, 5.74) is -3.35. The van der Waals surface area contributed by atoms with E-state index in [4.69, 9.17) is 0 Å². The van der Waals surface area contributed by atoms with E-state index in [1.807, 2.05) is 41.5 Å². The smallest absolute Gasteiger partial charge is 0.0652 e. The molecule has 0 radical (unpaired) electrons. The van der Waals surface area contributed by atoms with Gasteiger partial charge in [-0.3, -0.25) is 0 Å². The highest BCUT2D eigenvalue weighted by atomic mass is 16.3. The lowest BCUT2D eigenvalue weighted by Gasteiger charge is -2.44. The number of hydrogen-bond acceptors (Lipinski definition) is 4. The number of hydrogen-bond donors (Lipinski definition) is 4. The van der Waals surface area contributed by atoms with E-state index in [1.54, 1.807) is 0 Å². The molecule has 4 nitrogen and oxygen atoms in total. The Morgan fingerprint density at radius 1 is 0.733 bits per heavy atom. The molecule has 0 aromatic carbocycles. The van der Waals surface area contributed by atoms with Gasteiger partial charge in [-0.25, -0.2) is 0 Å². The molecule has 0 saturated heterocycles. The third-order valence-electron chi connectivity index (χ3n) is 8.99. The second-order valence-electron chi connectivity index (χ2n) is 12.9. The van der Waals surface area contributed by atoms with Crippen LogP contribution in [-0.2, 0) is 0 Å². The maximum atomic E-state index is 11.5. The third kappa shape index (κ3) is 5.60. The fourth-order valence-electron chi connectivity index (χ4n) is 7.06. The highest BCUT2D eigenvalue weighted by Gasteiger charge is 2.52. The van der Waals surface area contributed by atoms with E-state index >= 15 is 0 Å². The zero-order valence-electron chi connectivity index (χ0n) is 21.1. The van der Waals surface area contributed by atoms with Gasteiger partial charge in [-0.1, -0.05) is 20.8 Å². The maximum Gasteiger partial charge on any atom is 0.0652 e. The Morgan fingerprint density at radius 3 is 1.63 bits per heavy atom. The first-order valence-electron chi connectivity index (χ1n) is 12.3. The lowest BCUT2D eigenvalue weighted by atomic mass is 9.67. The molecule has 0 aromatic heterocycles. The molecule has 0 aliphatic heterocycles. The average Bonchev–Trinajstić information content (AvgIpc) is 3.17. The lowest BCUT2D eigenvalue weighted by Crippen LogP contribution is -2.48. The monoisotopic (exact) mass is 426 g/mol. The fourth-order valence-corrected chi connectivity index (χ4v) is 7.06. The Kier molecular flexibility index (Phi) is 7.52. The summed E-state index contributed by atoms with van der Waals surface area (Å²) in [6.45, 7) is 17.9. The van der Waals surface area contributed by atoms with Crippen molar-refractivity contribution in [2.24, 2.45) is 41.4 Å². The van der Waals surface area contributed by atoms with Crippen LogP contribution in [0.1, 0.15) is 101 Å². The van der Waals surface area contributed by atoms with Gasteiger partial charge >= 0.3 is 0 Å².